The van der Waals surface area contributed by atoms with Crippen molar-refractivity contribution in [1.29, 1.82) is 0 Å². The fourth-order valence-electron chi connectivity index (χ4n) is 2.06. The summed E-state index contributed by atoms with van der Waals surface area (Å²) in [4.78, 5) is 25.3. The molecular weight excluding hydrogens is 256 g/mol. The molecule has 0 atom stereocenters. The molecule has 20 heavy (non-hydrogen) atoms. The SMILES string of the molecule is NC(=O)c1cc(-c2cnnc3ccccc23)c[nH]c1=O. The fourth-order valence-corrected chi connectivity index (χ4v) is 2.06. The maximum atomic E-state index is 11.5. The quantitative estimate of drug-likeness (QED) is 0.724. The number of nitrogens with one attached hydrogen (secondary N) is 1. The standard InChI is InChI=1S/C14H10N4O2/c15-13(19)10-5-8(6-16-14(10)20)11-7-17-18-12-4-2-1-3-9(11)12/h1-7H,(H2,15,19)(H,16,20). The van der Waals surface area contributed by atoms with Crippen LogP contribution >= 0.6 is 0 Å². The van der Waals surface area contributed by atoms with Crippen LogP contribution in [-0.4, -0.2) is 21.1 Å². The summed E-state index contributed by atoms with van der Waals surface area (Å²) in [6.45, 7) is 0. The molecule has 0 fully saturated rings. The third kappa shape index (κ3) is 1.93. The predicted octanol–water partition coefficient (Wildman–Crippen LogP) is 1.08. The molecule has 0 saturated heterocycles. The van der Waals surface area contributed by atoms with Gasteiger partial charge in [-0.15, -0.1) is 0 Å². The van der Waals surface area contributed by atoms with Crippen LogP contribution < -0.4 is 11.3 Å². The van der Waals surface area contributed by atoms with Crippen LogP contribution in [0.3, 0.4) is 0 Å². The van der Waals surface area contributed by atoms with Gasteiger partial charge in [-0.3, -0.25) is 9.59 Å². The van der Waals surface area contributed by atoms with Gasteiger partial charge in [0, 0.05) is 22.7 Å². The van der Waals surface area contributed by atoms with Gasteiger partial charge in [-0.25, -0.2) is 0 Å². The summed E-state index contributed by atoms with van der Waals surface area (Å²) in [6, 6.07) is 8.95. The van der Waals surface area contributed by atoms with Crippen molar-refractivity contribution < 1.29 is 4.79 Å². The van der Waals surface area contributed by atoms with Crippen molar-refractivity contribution in [3.8, 4) is 11.1 Å². The van der Waals surface area contributed by atoms with E-state index in [4.69, 9.17) is 5.73 Å². The Hall–Kier alpha value is -3.02. The molecular formula is C14H10N4O2. The van der Waals surface area contributed by atoms with Gasteiger partial charge in [0.15, 0.2) is 0 Å². The van der Waals surface area contributed by atoms with E-state index in [9.17, 15) is 9.59 Å². The zero-order chi connectivity index (χ0) is 14.1. The molecule has 6 heteroatoms. The number of nitrogens with zero attached hydrogens (tertiary/aromatic N) is 2. The number of H-pyrrole nitrogens is 1. The summed E-state index contributed by atoms with van der Waals surface area (Å²) in [7, 11) is 0. The van der Waals surface area contributed by atoms with E-state index >= 15 is 0 Å². The molecule has 0 spiro atoms. The Bertz CT molecular complexity index is 865. The van der Waals surface area contributed by atoms with E-state index < -0.39 is 11.5 Å². The van der Waals surface area contributed by atoms with Crippen molar-refractivity contribution >= 4 is 16.8 Å². The highest BCUT2D eigenvalue weighted by atomic mass is 16.2. The number of primary amides is 1. The lowest BCUT2D eigenvalue weighted by Crippen LogP contribution is -2.23. The number of fused-ring (bicyclic) bond motifs is 1. The Morgan fingerprint density at radius 3 is 2.85 bits per heavy atom. The first-order valence-corrected chi connectivity index (χ1v) is 5.90. The third-order valence-corrected chi connectivity index (χ3v) is 3.03. The van der Waals surface area contributed by atoms with Crippen LogP contribution in [-0.2, 0) is 0 Å². The number of aromatic amines is 1. The summed E-state index contributed by atoms with van der Waals surface area (Å²) in [5.41, 5.74) is 6.76. The Balaban J connectivity index is 2.29. The number of carbonyl (C=O) groups is 1. The van der Waals surface area contributed by atoms with E-state index in [-0.39, 0.29) is 5.56 Å². The monoisotopic (exact) mass is 266 g/mol. The molecule has 2 aromatic heterocycles. The van der Waals surface area contributed by atoms with E-state index in [2.05, 4.69) is 15.2 Å². The number of rotatable bonds is 2. The van der Waals surface area contributed by atoms with Crippen LogP contribution in [0, 0.1) is 0 Å². The largest absolute Gasteiger partial charge is 0.365 e. The molecule has 98 valence electrons. The smallest absolute Gasteiger partial charge is 0.260 e. The Labute approximate surface area is 113 Å². The number of aromatic nitrogens is 3. The number of hydrogen-bond acceptors (Lipinski definition) is 4. The molecule has 2 heterocycles. The van der Waals surface area contributed by atoms with Crippen LogP contribution in [0.5, 0.6) is 0 Å². The zero-order valence-corrected chi connectivity index (χ0v) is 10.3. The van der Waals surface area contributed by atoms with Gasteiger partial charge in [-0.1, -0.05) is 18.2 Å². The average molecular weight is 266 g/mol. The molecule has 0 unspecified atom stereocenters. The summed E-state index contributed by atoms with van der Waals surface area (Å²) in [6.07, 6.45) is 3.11. The van der Waals surface area contributed by atoms with Crippen LogP contribution in [0.25, 0.3) is 22.0 Å². The topological polar surface area (TPSA) is 102 Å². The minimum atomic E-state index is -0.764. The third-order valence-electron chi connectivity index (χ3n) is 3.03. The first kappa shape index (κ1) is 12.0. The van der Waals surface area contributed by atoms with Gasteiger partial charge >= 0.3 is 0 Å². The number of pyridine rings is 1. The zero-order valence-electron chi connectivity index (χ0n) is 10.3. The molecule has 1 aromatic carbocycles. The summed E-state index contributed by atoms with van der Waals surface area (Å²) in [5.74, 6) is -0.764. The first-order valence-electron chi connectivity index (χ1n) is 5.90. The van der Waals surface area contributed by atoms with Crippen LogP contribution in [0.15, 0.2) is 47.5 Å². The molecule has 6 nitrogen and oxygen atoms in total. The minimum Gasteiger partial charge on any atom is -0.365 e. The molecule has 1 amide bonds. The molecule has 0 bridgehead atoms. The molecule has 3 N–H and O–H groups in total. The second kappa shape index (κ2) is 4.58. The second-order valence-electron chi connectivity index (χ2n) is 4.27. The Kier molecular flexibility index (Phi) is 2.76. The van der Waals surface area contributed by atoms with Crippen LogP contribution in [0.4, 0.5) is 0 Å². The molecule has 0 aliphatic heterocycles. The van der Waals surface area contributed by atoms with Gasteiger partial charge in [0.1, 0.15) is 5.56 Å². The lowest BCUT2D eigenvalue weighted by atomic mass is 10.0. The lowest BCUT2D eigenvalue weighted by molar-refractivity contribution is 0.0999. The molecule has 0 saturated carbocycles. The second-order valence-corrected chi connectivity index (χ2v) is 4.27. The van der Waals surface area contributed by atoms with Crippen molar-refractivity contribution in [2.45, 2.75) is 0 Å². The highest BCUT2D eigenvalue weighted by molar-refractivity contribution is 5.97. The van der Waals surface area contributed by atoms with Crippen molar-refractivity contribution in [1.82, 2.24) is 15.2 Å². The number of nitrogens with two attached hydrogens (primary N) is 1. The van der Waals surface area contributed by atoms with Crippen molar-refractivity contribution in [2.75, 3.05) is 0 Å². The van der Waals surface area contributed by atoms with E-state index in [1.54, 1.807) is 6.20 Å². The molecule has 3 aromatic rings. The van der Waals surface area contributed by atoms with E-state index in [0.717, 1.165) is 16.5 Å². The number of hydrogen-bond donors (Lipinski definition) is 2. The summed E-state index contributed by atoms with van der Waals surface area (Å²) < 4.78 is 0. The highest BCUT2D eigenvalue weighted by Gasteiger charge is 2.11. The number of amides is 1. The Morgan fingerprint density at radius 2 is 2.05 bits per heavy atom. The van der Waals surface area contributed by atoms with E-state index in [0.29, 0.717) is 5.56 Å². The van der Waals surface area contributed by atoms with Crippen molar-refractivity contribution in [2.24, 2.45) is 5.73 Å². The maximum Gasteiger partial charge on any atom is 0.260 e. The number of carbonyl (C=O) groups excluding carboxylic acids is 1. The normalized spacial score (nSPS) is 10.6. The summed E-state index contributed by atoms with van der Waals surface area (Å²) >= 11 is 0. The van der Waals surface area contributed by atoms with E-state index in [1.807, 2.05) is 24.3 Å². The predicted molar refractivity (Wildman–Crippen MR) is 74.1 cm³/mol. The highest BCUT2D eigenvalue weighted by Crippen LogP contribution is 2.25. The van der Waals surface area contributed by atoms with Gasteiger partial charge in [0.2, 0.25) is 0 Å². The maximum absolute atomic E-state index is 11.5. The van der Waals surface area contributed by atoms with Crippen LogP contribution in [0.1, 0.15) is 10.4 Å². The Morgan fingerprint density at radius 1 is 1.25 bits per heavy atom. The van der Waals surface area contributed by atoms with Crippen molar-refractivity contribution in [3.63, 3.8) is 0 Å². The van der Waals surface area contributed by atoms with Gasteiger partial charge in [-0.05, 0) is 12.1 Å². The van der Waals surface area contributed by atoms with Crippen LogP contribution in [0.2, 0.25) is 0 Å². The average Bonchev–Trinajstić information content (AvgIpc) is 2.47. The molecule has 0 aliphatic rings. The van der Waals surface area contributed by atoms with Crippen molar-refractivity contribution in [3.05, 3.63) is 58.6 Å². The molecule has 0 radical (unpaired) electrons. The van der Waals surface area contributed by atoms with E-state index in [1.165, 1.54) is 12.3 Å². The number of benzene rings is 1. The van der Waals surface area contributed by atoms with Gasteiger partial charge in [0.05, 0.1) is 11.7 Å². The molecule has 0 aliphatic carbocycles. The lowest BCUT2D eigenvalue weighted by Gasteiger charge is -2.05. The fraction of sp³-hybridized carbons (Fsp3) is 0. The molecule has 3 rings (SSSR count). The van der Waals surface area contributed by atoms with Gasteiger partial charge < -0.3 is 10.7 Å². The summed E-state index contributed by atoms with van der Waals surface area (Å²) in [5, 5.41) is 8.84. The van der Waals surface area contributed by atoms with Gasteiger partial charge in [-0.2, -0.15) is 10.2 Å². The van der Waals surface area contributed by atoms with Gasteiger partial charge in [0.25, 0.3) is 11.5 Å². The minimum absolute atomic E-state index is 0.0802. The first-order chi connectivity index (χ1) is 9.66.